The molecule has 0 unspecified atom stereocenters. The number of non-ortho nitro benzene ring substituents is 2. The molecule has 0 atom stereocenters. The minimum Gasteiger partial charge on any atom is -0.481 e. The molecule has 1 aromatic heterocycles. The maximum atomic E-state index is 12.4. The normalized spacial score (nSPS) is 10.2. The van der Waals surface area contributed by atoms with E-state index in [-0.39, 0.29) is 40.1 Å². The number of benzene rings is 2. The van der Waals surface area contributed by atoms with Gasteiger partial charge in [-0.1, -0.05) is 0 Å². The monoisotopic (exact) mass is 438 g/mol. The van der Waals surface area contributed by atoms with Crippen molar-refractivity contribution in [3.63, 3.8) is 0 Å². The number of hydrogen-bond donors (Lipinski definition) is 2. The number of aromatic nitrogens is 2. The van der Waals surface area contributed by atoms with E-state index in [1.165, 1.54) is 61.7 Å². The van der Waals surface area contributed by atoms with Gasteiger partial charge in [-0.2, -0.15) is 9.97 Å². The molecule has 0 aliphatic rings. The van der Waals surface area contributed by atoms with Crippen molar-refractivity contribution in [1.82, 2.24) is 9.97 Å². The van der Waals surface area contributed by atoms with E-state index in [2.05, 4.69) is 20.6 Å². The molecule has 2 amide bonds. The first-order valence-corrected chi connectivity index (χ1v) is 8.81. The van der Waals surface area contributed by atoms with Crippen LogP contribution in [0, 0.1) is 20.2 Å². The van der Waals surface area contributed by atoms with Crippen LogP contribution in [0.25, 0.3) is 0 Å². The number of carbonyl (C=O) groups is 2. The molecule has 0 radical (unpaired) electrons. The number of nitrogens with zero attached hydrogens (tertiary/aromatic N) is 4. The molecule has 0 saturated heterocycles. The van der Waals surface area contributed by atoms with Gasteiger partial charge in [0.1, 0.15) is 5.82 Å². The molecule has 0 bridgehead atoms. The Morgan fingerprint density at radius 3 is 1.72 bits per heavy atom. The quantitative estimate of drug-likeness (QED) is 0.414. The van der Waals surface area contributed by atoms with Crippen molar-refractivity contribution in [1.29, 1.82) is 0 Å². The van der Waals surface area contributed by atoms with E-state index in [1.807, 2.05) is 0 Å². The van der Waals surface area contributed by atoms with Crippen molar-refractivity contribution >= 4 is 35.0 Å². The number of anilines is 2. The highest BCUT2D eigenvalue weighted by Crippen LogP contribution is 2.19. The number of nitro benzene ring substituents is 2. The van der Waals surface area contributed by atoms with E-state index < -0.39 is 21.7 Å². The third-order valence-corrected chi connectivity index (χ3v) is 4.06. The summed E-state index contributed by atoms with van der Waals surface area (Å²) in [5.41, 5.74) is -0.0694. The molecule has 0 aliphatic heterocycles. The minimum atomic E-state index is -0.638. The van der Waals surface area contributed by atoms with Gasteiger partial charge in [-0.25, -0.2) is 0 Å². The molecule has 1 heterocycles. The van der Waals surface area contributed by atoms with Gasteiger partial charge in [-0.05, 0) is 24.3 Å². The number of ether oxygens (including phenoxy) is 1. The summed E-state index contributed by atoms with van der Waals surface area (Å²) >= 11 is 0. The summed E-state index contributed by atoms with van der Waals surface area (Å²) in [4.78, 5) is 53.1. The second-order valence-electron chi connectivity index (χ2n) is 6.14. The first-order chi connectivity index (χ1) is 15.3. The Bertz CT molecular complexity index is 1110. The Labute approximate surface area is 179 Å². The van der Waals surface area contributed by atoms with Crippen molar-refractivity contribution < 1.29 is 24.2 Å². The average molecular weight is 438 g/mol. The van der Waals surface area contributed by atoms with E-state index >= 15 is 0 Å². The summed E-state index contributed by atoms with van der Waals surface area (Å²) < 4.78 is 5.05. The van der Waals surface area contributed by atoms with Crippen LogP contribution in [-0.2, 0) is 0 Å². The number of nitro groups is 2. The summed E-state index contributed by atoms with van der Waals surface area (Å²) in [7, 11) is 1.33. The molecule has 2 aromatic carbocycles. The summed E-state index contributed by atoms with van der Waals surface area (Å²) in [6.45, 7) is 0. The Balaban J connectivity index is 1.77. The van der Waals surface area contributed by atoms with Crippen molar-refractivity contribution in [3.8, 4) is 5.88 Å². The number of hydrogen-bond acceptors (Lipinski definition) is 9. The molecule has 2 N–H and O–H groups in total. The van der Waals surface area contributed by atoms with Gasteiger partial charge in [-0.3, -0.25) is 35.1 Å². The molecule has 0 aliphatic carbocycles. The Kier molecular flexibility index (Phi) is 6.29. The lowest BCUT2D eigenvalue weighted by molar-refractivity contribution is -0.385. The second kappa shape index (κ2) is 9.25. The van der Waals surface area contributed by atoms with Crippen LogP contribution >= 0.6 is 0 Å². The zero-order valence-electron chi connectivity index (χ0n) is 16.3. The Morgan fingerprint density at radius 1 is 0.812 bits per heavy atom. The van der Waals surface area contributed by atoms with Gasteiger partial charge < -0.3 is 10.1 Å². The molecular formula is C19H14N6O7. The van der Waals surface area contributed by atoms with Crippen LogP contribution in [0.4, 0.5) is 23.1 Å². The van der Waals surface area contributed by atoms with Crippen molar-refractivity contribution in [2.45, 2.75) is 0 Å². The predicted molar refractivity (Wildman–Crippen MR) is 111 cm³/mol. The predicted octanol–water partition coefficient (Wildman–Crippen LogP) is 2.81. The molecule has 0 saturated carbocycles. The molecular weight excluding hydrogens is 424 g/mol. The largest absolute Gasteiger partial charge is 0.481 e. The lowest BCUT2D eigenvalue weighted by atomic mass is 10.2. The molecule has 0 fully saturated rings. The lowest BCUT2D eigenvalue weighted by Gasteiger charge is -2.09. The summed E-state index contributed by atoms with van der Waals surface area (Å²) in [6.07, 6.45) is 0. The summed E-state index contributed by atoms with van der Waals surface area (Å²) in [6, 6.07) is 11.1. The van der Waals surface area contributed by atoms with E-state index in [9.17, 15) is 29.8 Å². The third kappa shape index (κ3) is 5.15. The average Bonchev–Trinajstić information content (AvgIpc) is 2.78. The number of nitrogens with one attached hydrogen (secondary N) is 2. The molecule has 3 rings (SSSR count). The highest BCUT2D eigenvalue weighted by Gasteiger charge is 2.15. The minimum absolute atomic E-state index is 0.000739. The third-order valence-electron chi connectivity index (χ3n) is 4.06. The fourth-order valence-corrected chi connectivity index (χ4v) is 2.48. The zero-order chi connectivity index (χ0) is 23.3. The number of amides is 2. The highest BCUT2D eigenvalue weighted by atomic mass is 16.6. The number of rotatable bonds is 7. The van der Waals surface area contributed by atoms with Gasteiger partial charge in [0.15, 0.2) is 0 Å². The molecule has 13 nitrogen and oxygen atoms in total. The summed E-state index contributed by atoms with van der Waals surface area (Å²) in [5.74, 6) is -1.39. The standard InChI is InChI=1S/C19H14N6O7/c1-32-16-10-15(20-17(26)11-2-6-13(7-3-11)24(28)29)21-19(22-16)23-18(27)12-4-8-14(9-5-12)25(30)31/h2-10H,1H3,(H2,20,21,22,23,26,27). The first kappa shape index (κ1) is 21.8. The van der Waals surface area contributed by atoms with E-state index in [0.29, 0.717) is 0 Å². The maximum Gasteiger partial charge on any atom is 0.269 e. The number of carbonyl (C=O) groups excluding carboxylic acids is 2. The van der Waals surface area contributed by atoms with Crippen molar-refractivity contribution in [3.05, 3.63) is 86.0 Å². The van der Waals surface area contributed by atoms with Gasteiger partial charge in [0.2, 0.25) is 11.8 Å². The van der Waals surface area contributed by atoms with Crippen LogP contribution in [0.5, 0.6) is 5.88 Å². The molecule has 162 valence electrons. The first-order valence-electron chi connectivity index (χ1n) is 8.81. The maximum absolute atomic E-state index is 12.4. The number of methoxy groups -OCH3 is 1. The van der Waals surface area contributed by atoms with Gasteiger partial charge in [0.25, 0.3) is 23.2 Å². The van der Waals surface area contributed by atoms with Crippen LogP contribution < -0.4 is 15.4 Å². The van der Waals surface area contributed by atoms with Gasteiger partial charge in [-0.15, -0.1) is 0 Å². The Hall–Kier alpha value is -4.94. The lowest BCUT2D eigenvalue weighted by Crippen LogP contribution is -2.17. The SMILES string of the molecule is COc1cc(NC(=O)c2ccc([N+](=O)[O-])cc2)nc(NC(=O)c2ccc([N+](=O)[O-])cc2)n1. The molecule has 32 heavy (non-hydrogen) atoms. The fraction of sp³-hybridized carbons (Fsp3) is 0.0526. The molecule has 13 heteroatoms. The van der Waals surface area contributed by atoms with E-state index in [4.69, 9.17) is 4.74 Å². The van der Waals surface area contributed by atoms with Crippen LogP contribution in [0.3, 0.4) is 0 Å². The fourth-order valence-electron chi connectivity index (χ4n) is 2.48. The zero-order valence-corrected chi connectivity index (χ0v) is 16.3. The van der Waals surface area contributed by atoms with Crippen molar-refractivity contribution in [2.75, 3.05) is 17.7 Å². The van der Waals surface area contributed by atoms with Crippen molar-refractivity contribution in [2.24, 2.45) is 0 Å². The van der Waals surface area contributed by atoms with Crippen LogP contribution in [0.1, 0.15) is 20.7 Å². The van der Waals surface area contributed by atoms with Crippen LogP contribution in [0.2, 0.25) is 0 Å². The van der Waals surface area contributed by atoms with Crippen LogP contribution in [0.15, 0.2) is 54.6 Å². The summed E-state index contributed by atoms with van der Waals surface area (Å²) in [5, 5.41) is 26.4. The molecule has 3 aromatic rings. The second-order valence-corrected chi connectivity index (χ2v) is 6.14. The van der Waals surface area contributed by atoms with Gasteiger partial charge in [0.05, 0.1) is 17.0 Å². The topological polar surface area (TPSA) is 179 Å². The highest BCUT2D eigenvalue weighted by molar-refractivity contribution is 6.05. The van der Waals surface area contributed by atoms with E-state index in [0.717, 1.165) is 0 Å². The smallest absolute Gasteiger partial charge is 0.269 e. The van der Waals surface area contributed by atoms with E-state index in [1.54, 1.807) is 0 Å². The molecule has 0 spiro atoms. The van der Waals surface area contributed by atoms with Crippen LogP contribution in [-0.4, -0.2) is 38.7 Å². The van der Waals surface area contributed by atoms with Gasteiger partial charge >= 0.3 is 0 Å². The van der Waals surface area contributed by atoms with Gasteiger partial charge in [0, 0.05) is 41.5 Å². The Morgan fingerprint density at radius 2 is 1.28 bits per heavy atom.